The Hall–Kier alpha value is -3.01. The third kappa shape index (κ3) is 74.0. The highest BCUT2D eigenvalue weighted by Gasteiger charge is 2.29. The van der Waals surface area contributed by atoms with Crippen LogP contribution in [-0.4, -0.2) is 95.9 Å². The van der Waals surface area contributed by atoms with E-state index in [0.29, 0.717) is 19.3 Å². The zero-order valence-corrected chi connectivity index (χ0v) is 63.5. The Kier molecular flexibility index (Phi) is 70.5. The summed E-state index contributed by atoms with van der Waals surface area (Å²) < 4.78 is 61.1. The predicted molar refractivity (Wildman–Crippen MR) is 399 cm³/mol. The van der Waals surface area contributed by atoms with Crippen molar-refractivity contribution in [2.45, 2.75) is 373 Å². The van der Waals surface area contributed by atoms with Crippen molar-refractivity contribution < 1.29 is 75.8 Å². The molecule has 18 heteroatoms. The van der Waals surface area contributed by atoms with Crippen molar-refractivity contribution in [1.29, 1.82) is 0 Å². The van der Waals surface area contributed by atoms with E-state index in [9.17, 15) is 43.5 Å². The van der Waals surface area contributed by atoms with Crippen LogP contribution >= 0.6 is 15.6 Å². The van der Waals surface area contributed by atoms with E-state index >= 15 is 0 Å². The molecule has 0 saturated carbocycles. The first-order valence-electron chi connectivity index (χ1n) is 39.2. The number of carbonyl (C=O) groups excluding carboxylic acids is 3. The standard InChI is InChI=1S/C79H144O16P2/c1-4-7-10-13-16-19-22-25-27-28-29-30-31-32-33-34-35-36-37-38-39-40-41-42-43-44-46-49-50-53-56-59-62-65-77(82)89-68-74(80)69-91-96(85,86)92-70-75(81)71-93-97(87,88)94-73-76(95-79(84)67-64-61-58-55-52-47-24-21-18-15-12-9-6-3)72-90-78(83)66-63-60-57-54-51-48-45-26-23-20-17-14-11-8-5-2/h7,10,16,19,25,27,29-30,32-33,35-36,74-76,80-81H,4-6,8-9,11-15,17-18,20-24,26,28,31,34,37-73H2,1-3H3,(H,85,86)(H,87,88)/b10-7-,19-16-,27-25-,30-29-,33-32-,36-35-. The number of esters is 3. The van der Waals surface area contributed by atoms with E-state index in [1.807, 2.05) is 0 Å². The smallest absolute Gasteiger partial charge is 0.463 e. The number of allylic oxidation sites excluding steroid dienone is 12. The minimum atomic E-state index is -4.91. The van der Waals surface area contributed by atoms with Gasteiger partial charge in [-0.3, -0.25) is 32.5 Å². The second kappa shape index (κ2) is 72.8. The number of rotatable bonds is 75. The molecule has 5 unspecified atom stereocenters. The van der Waals surface area contributed by atoms with Gasteiger partial charge in [-0.2, -0.15) is 0 Å². The van der Waals surface area contributed by atoms with Crippen molar-refractivity contribution in [3.05, 3.63) is 72.9 Å². The lowest BCUT2D eigenvalue weighted by Crippen LogP contribution is -2.30. The SMILES string of the molecule is CC/C=C\C/C=C\C/C=C\C/C=C\C/C=C\C/C=C\CCCCCCCCCCCCCCCCC(=O)OCC(O)COP(=O)(O)OCC(O)COP(=O)(O)OCC(COC(=O)CCCCCCCCCCCCCCCCC)OC(=O)CCCCCCCCCCCCCCC. The molecule has 0 radical (unpaired) electrons. The van der Waals surface area contributed by atoms with Crippen LogP contribution in [0.15, 0.2) is 72.9 Å². The Balaban J connectivity index is 4.35. The van der Waals surface area contributed by atoms with Crippen molar-refractivity contribution in [3.8, 4) is 0 Å². The number of unbranched alkanes of at least 4 members (excludes halogenated alkanes) is 40. The van der Waals surface area contributed by atoms with Gasteiger partial charge in [-0.25, -0.2) is 9.13 Å². The lowest BCUT2D eigenvalue weighted by atomic mass is 10.0. The third-order valence-electron chi connectivity index (χ3n) is 16.9. The van der Waals surface area contributed by atoms with Crippen LogP contribution in [0.1, 0.15) is 355 Å². The molecule has 4 N–H and O–H groups in total. The lowest BCUT2D eigenvalue weighted by molar-refractivity contribution is -0.161. The van der Waals surface area contributed by atoms with Crippen LogP contribution in [-0.2, 0) is 55.8 Å². The van der Waals surface area contributed by atoms with Crippen LogP contribution in [0.2, 0.25) is 0 Å². The average molecular weight is 1410 g/mol. The fourth-order valence-corrected chi connectivity index (χ4v) is 12.6. The molecule has 0 spiro atoms. The molecular weight excluding hydrogens is 1270 g/mol. The summed E-state index contributed by atoms with van der Waals surface area (Å²) in [4.78, 5) is 58.5. The van der Waals surface area contributed by atoms with E-state index in [4.69, 9.17) is 32.3 Å². The first-order chi connectivity index (χ1) is 47.2. The summed E-state index contributed by atoms with van der Waals surface area (Å²) in [5.41, 5.74) is 0. The Morgan fingerprint density at radius 1 is 0.299 bits per heavy atom. The molecule has 0 heterocycles. The molecule has 0 saturated heterocycles. The maximum atomic E-state index is 12.9. The number of ether oxygens (including phenoxy) is 3. The maximum absolute atomic E-state index is 12.9. The number of carbonyl (C=O) groups is 3. The Bertz CT molecular complexity index is 2060. The maximum Gasteiger partial charge on any atom is 0.472 e. The number of phosphoric ester groups is 2. The van der Waals surface area contributed by atoms with Crippen LogP contribution < -0.4 is 0 Å². The first-order valence-corrected chi connectivity index (χ1v) is 42.2. The molecule has 97 heavy (non-hydrogen) atoms. The Labute approximate surface area is 592 Å². The van der Waals surface area contributed by atoms with E-state index in [0.717, 1.165) is 109 Å². The highest BCUT2D eigenvalue weighted by atomic mass is 31.2. The number of hydrogen-bond donors (Lipinski definition) is 4. The summed E-state index contributed by atoms with van der Waals surface area (Å²) in [5.74, 6) is -1.55. The second-order valence-corrected chi connectivity index (χ2v) is 29.4. The molecule has 16 nitrogen and oxygen atoms in total. The quantitative estimate of drug-likeness (QED) is 0.0146. The van der Waals surface area contributed by atoms with Crippen molar-refractivity contribution >= 4 is 33.6 Å². The van der Waals surface area contributed by atoms with Crippen LogP contribution in [0.5, 0.6) is 0 Å². The largest absolute Gasteiger partial charge is 0.472 e. The fourth-order valence-electron chi connectivity index (χ4n) is 11.0. The highest BCUT2D eigenvalue weighted by Crippen LogP contribution is 2.45. The summed E-state index contributed by atoms with van der Waals surface area (Å²) in [6.45, 7) is 2.62. The highest BCUT2D eigenvalue weighted by molar-refractivity contribution is 7.47. The van der Waals surface area contributed by atoms with E-state index in [1.54, 1.807) is 0 Å². The second-order valence-electron chi connectivity index (χ2n) is 26.5. The molecular formula is C79H144O16P2. The molecule has 0 aromatic carbocycles. The number of aliphatic hydroxyl groups excluding tert-OH is 2. The number of hydrogen-bond acceptors (Lipinski definition) is 14. The van der Waals surface area contributed by atoms with Gasteiger partial charge in [-0.1, -0.05) is 338 Å². The van der Waals surface area contributed by atoms with E-state index in [2.05, 4.69) is 93.7 Å². The van der Waals surface area contributed by atoms with E-state index < -0.39 is 91.5 Å². The van der Waals surface area contributed by atoms with Crippen LogP contribution in [0, 0.1) is 0 Å². The molecule has 0 rings (SSSR count). The molecule has 0 aromatic heterocycles. The van der Waals surface area contributed by atoms with Gasteiger partial charge >= 0.3 is 33.6 Å². The van der Waals surface area contributed by atoms with Gasteiger partial charge in [0.15, 0.2) is 6.10 Å². The minimum absolute atomic E-state index is 0.113. The molecule has 5 atom stereocenters. The van der Waals surface area contributed by atoms with Gasteiger partial charge in [0.25, 0.3) is 0 Å². The van der Waals surface area contributed by atoms with Gasteiger partial charge in [0.1, 0.15) is 25.4 Å². The van der Waals surface area contributed by atoms with Gasteiger partial charge in [0, 0.05) is 19.3 Å². The molecule has 0 aliphatic rings. The molecule has 0 fully saturated rings. The lowest BCUT2D eigenvalue weighted by Gasteiger charge is -2.21. The van der Waals surface area contributed by atoms with Gasteiger partial charge in [0.2, 0.25) is 0 Å². The Morgan fingerprint density at radius 2 is 0.546 bits per heavy atom. The fraction of sp³-hybridized carbons (Fsp3) is 0.810. The molecule has 0 aromatic rings. The molecule has 0 amide bonds. The third-order valence-corrected chi connectivity index (χ3v) is 18.8. The van der Waals surface area contributed by atoms with Crippen molar-refractivity contribution in [2.75, 3.05) is 39.6 Å². The first kappa shape index (κ1) is 94.0. The zero-order chi connectivity index (χ0) is 70.9. The molecule has 0 bridgehead atoms. The van der Waals surface area contributed by atoms with Crippen LogP contribution in [0.3, 0.4) is 0 Å². The number of phosphoric acid groups is 2. The van der Waals surface area contributed by atoms with Crippen LogP contribution in [0.4, 0.5) is 0 Å². The topological polar surface area (TPSA) is 231 Å². The minimum Gasteiger partial charge on any atom is -0.463 e. The summed E-state index contributed by atoms with van der Waals surface area (Å²) in [7, 11) is -9.76. The van der Waals surface area contributed by atoms with Gasteiger partial charge < -0.3 is 34.2 Å². The van der Waals surface area contributed by atoms with E-state index in [1.165, 1.54) is 186 Å². The summed E-state index contributed by atoms with van der Waals surface area (Å²) >= 11 is 0. The van der Waals surface area contributed by atoms with Crippen LogP contribution in [0.25, 0.3) is 0 Å². The van der Waals surface area contributed by atoms with Crippen molar-refractivity contribution in [3.63, 3.8) is 0 Å². The molecule has 0 aliphatic carbocycles. The monoisotopic (exact) mass is 1410 g/mol. The van der Waals surface area contributed by atoms with Gasteiger partial charge in [-0.15, -0.1) is 0 Å². The summed E-state index contributed by atoms with van der Waals surface area (Å²) in [6.07, 6.45) is 79.7. The predicted octanol–water partition coefficient (Wildman–Crippen LogP) is 22.7. The van der Waals surface area contributed by atoms with Gasteiger partial charge in [-0.05, 0) is 70.6 Å². The zero-order valence-electron chi connectivity index (χ0n) is 61.8. The summed E-state index contributed by atoms with van der Waals surface area (Å²) in [6, 6.07) is 0. The normalized spacial score (nSPS) is 14.4. The van der Waals surface area contributed by atoms with Gasteiger partial charge in [0.05, 0.1) is 26.4 Å². The Morgan fingerprint density at radius 3 is 0.866 bits per heavy atom. The van der Waals surface area contributed by atoms with Crippen molar-refractivity contribution in [2.24, 2.45) is 0 Å². The van der Waals surface area contributed by atoms with E-state index in [-0.39, 0.29) is 19.3 Å². The average Bonchev–Trinajstić information content (AvgIpc) is 1.49. The summed E-state index contributed by atoms with van der Waals surface area (Å²) in [5, 5.41) is 20.6. The van der Waals surface area contributed by atoms with Crippen molar-refractivity contribution in [1.82, 2.24) is 0 Å². The molecule has 0 aliphatic heterocycles. The molecule has 566 valence electrons. The number of aliphatic hydroxyl groups is 2.